The average Bonchev–Trinajstić information content (AvgIpc) is 2.62. The second-order valence-electron chi connectivity index (χ2n) is 4.36. The van der Waals surface area contributed by atoms with Crippen molar-refractivity contribution in [2.75, 3.05) is 0 Å². The Labute approximate surface area is 113 Å². The highest BCUT2D eigenvalue weighted by atomic mass is 19.1. The van der Waals surface area contributed by atoms with Gasteiger partial charge in [-0.05, 0) is 24.6 Å². The number of rotatable bonds is 3. The first-order valence-corrected chi connectivity index (χ1v) is 5.76. The van der Waals surface area contributed by atoms with Crippen molar-refractivity contribution in [1.29, 1.82) is 0 Å². The second-order valence-corrected chi connectivity index (χ2v) is 4.36. The highest BCUT2D eigenvalue weighted by Gasteiger charge is 2.28. The maximum Gasteiger partial charge on any atom is 0.353 e. The van der Waals surface area contributed by atoms with Gasteiger partial charge in [0.2, 0.25) is 0 Å². The molecule has 0 fully saturated rings. The number of hydrogen-bond acceptors (Lipinski definition) is 2. The highest BCUT2D eigenvalue weighted by Crippen LogP contribution is 2.32. The van der Waals surface area contributed by atoms with Crippen LogP contribution in [-0.2, 0) is 7.05 Å². The van der Waals surface area contributed by atoms with Crippen LogP contribution in [0.15, 0.2) is 24.3 Å². The van der Waals surface area contributed by atoms with Crippen molar-refractivity contribution >= 4 is 11.9 Å². The summed E-state index contributed by atoms with van der Waals surface area (Å²) in [5, 5.41) is 18.6. The zero-order valence-corrected chi connectivity index (χ0v) is 10.8. The number of benzene rings is 1. The van der Waals surface area contributed by atoms with Crippen LogP contribution in [-0.4, -0.2) is 26.7 Å². The van der Waals surface area contributed by atoms with Crippen molar-refractivity contribution in [2.45, 2.75) is 6.92 Å². The molecule has 0 aliphatic heterocycles. The molecule has 6 heteroatoms. The summed E-state index contributed by atoms with van der Waals surface area (Å²) in [6, 6.07) is 5.22. The van der Waals surface area contributed by atoms with Crippen molar-refractivity contribution in [1.82, 2.24) is 4.57 Å². The van der Waals surface area contributed by atoms with Crippen LogP contribution in [0.3, 0.4) is 0 Å². The van der Waals surface area contributed by atoms with Gasteiger partial charge >= 0.3 is 11.9 Å². The molecular formula is C14H12FNO4. The van der Waals surface area contributed by atoms with E-state index in [0.717, 1.165) is 6.07 Å². The molecule has 20 heavy (non-hydrogen) atoms. The molecule has 0 unspecified atom stereocenters. The SMILES string of the molecule is Cc1c(C(=O)O)c(-c2cccc(F)c2)c(C(=O)O)n1C. The molecule has 0 aliphatic rings. The van der Waals surface area contributed by atoms with E-state index in [1.54, 1.807) is 0 Å². The molecule has 0 saturated heterocycles. The predicted molar refractivity (Wildman–Crippen MR) is 69.5 cm³/mol. The molecule has 1 aromatic heterocycles. The number of hydrogen-bond donors (Lipinski definition) is 2. The number of carboxylic acid groups (broad SMARTS) is 2. The summed E-state index contributed by atoms with van der Waals surface area (Å²) in [4.78, 5) is 22.8. The van der Waals surface area contributed by atoms with Gasteiger partial charge in [-0.15, -0.1) is 0 Å². The molecule has 0 radical (unpaired) electrons. The van der Waals surface area contributed by atoms with E-state index in [2.05, 4.69) is 0 Å². The maximum absolute atomic E-state index is 13.3. The normalized spacial score (nSPS) is 10.6. The molecule has 2 rings (SSSR count). The van der Waals surface area contributed by atoms with Crippen LogP contribution in [0, 0.1) is 12.7 Å². The monoisotopic (exact) mass is 277 g/mol. The molecule has 0 amide bonds. The Kier molecular flexibility index (Phi) is 3.31. The van der Waals surface area contributed by atoms with Crippen molar-refractivity contribution in [3.8, 4) is 11.1 Å². The lowest BCUT2D eigenvalue weighted by Crippen LogP contribution is -2.06. The first-order valence-electron chi connectivity index (χ1n) is 5.76. The van der Waals surface area contributed by atoms with Crippen molar-refractivity contribution in [2.24, 2.45) is 7.05 Å². The summed E-state index contributed by atoms with van der Waals surface area (Å²) in [5.74, 6) is -3.07. The average molecular weight is 277 g/mol. The number of halogens is 1. The topological polar surface area (TPSA) is 79.5 Å². The molecule has 1 aromatic carbocycles. The van der Waals surface area contributed by atoms with E-state index in [0.29, 0.717) is 5.69 Å². The van der Waals surface area contributed by atoms with Gasteiger partial charge in [-0.25, -0.2) is 14.0 Å². The zero-order valence-electron chi connectivity index (χ0n) is 10.8. The largest absolute Gasteiger partial charge is 0.478 e. The van der Waals surface area contributed by atoms with E-state index in [4.69, 9.17) is 0 Å². The molecule has 0 atom stereocenters. The number of nitrogens with zero attached hydrogens (tertiary/aromatic N) is 1. The molecule has 5 nitrogen and oxygen atoms in total. The fourth-order valence-corrected chi connectivity index (χ4v) is 2.24. The first kappa shape index (κ1) is 13.8. The minimum absolute atomic E-state index is 0.0181. The Morgan fingerprint density at radius 3 is 2.35 bits per heavy atom. The fraction of sp³-hybridized carbons (Fsp3) is 0.143. The van der Waals surface area contributed by atoms with Gasteiger partial charge in [0.15, 0.2) is 0 Å². The van der Waals surface area contributed by atoms with Crippen LogP contribution in [0.25, 0.3) is 11.1 Å². The summed E-state index contributed by atoms with van der Waals surface area (Å²) >= 11 is 0. The van der Waals surface area contributed by atoms with Gasteiger partial charge in [0, 0.05) is 18.3 Å². The van der Waals surface area contributed by atoms with Crippen molar-refractivity contribution in [3.05, 3.63) is 47.0 Å². The van der Waals surface area contributed by atoms with Crippen molar-refractivity contribution in [3.63, 3.8) is 0 Å². The van der Waals surface area contributed by atoms with Crippen LogP contribution >= 0.6 is 0 Å². The van der Waals surface area contributed by atoms with Crippen LogP contribution in [0.5, 0.6) is 0 Å². The summed E-state index contributed by atoms with van der Waals surface area (Å²) < 4.78 is 14.6. The third-order valence-corrected chi connectivity index (χ3v) is 3.22. The standard InChI is InChI=1S/C14H12FNO4/c1-7-10(13(17)18)11(12(14(19)20)16(7)2)8-4-3-5-9(15)6-8/h3-6H,1-2H3,(H,17,18)(H,19,20). The molecule has 0 spiro atoms. The van der Waals surface area contributed by atoms with Crippen molar-refractivity contribution < 1.29 is 24.2 Å². The fourth-order valence-electron chi connectivity index (χ4n) is 2.24. The lowest BCUT2D eigenvalue weighted by molar-refractivity contribution is 0.0683. The van der Waals surface area contributed by atoms with E-state index < -0.39 is 17.8 Å². The molecule has 2 aromatic rings. The first-order chi connectivity index (χ1) is 9.34. The Hall–Kier alpha value is -2.63. The molecule has 0 bridgehead atoms. The maximum atomic E-state index is 13.3. The lowest BCUT2D eigenvalue weighted by atomic mass is 10.00. The molecule has 104 valence electrons. The van der Waals surface area contributed by atoms with E-state index in [9.17, 15) is 24.2 Å². The molecular weight excluding hydrogens is 265 g/mol. The zero-order chi connectivity index (χ0) is 15.0. The van der Waals surface area contributed by atoms with E-state index in [1.165, 1.54) is 36.7 Å². The summed E-state index contributed by atoms with van der Waals surface area (Å²) in [6.07, 6.45) is 0. The minimum Gasteiger partial charge on any atom is -0.478 e. The van der Waals surface area contributed by atoms with E-state index in [1.807, 2.05) is 0 Å². The summed E-state index contributed by atoms with van der Waals surface area (Å²) in [5.41, 5.74) is 0.239. The Morgan fingerprint density at radius 1 is 1.20 bits per heavy atom. The van der Waals surface area contributed by atoms with Gasteiger partial charge < -0.3 is 14.8 Å². The number of aromatic nitrogens is 1. The van der Waals surface area contributed by atoms with Crippen LogP contribution in [0.4, 0.5) is 4.39 Å². The molecule has 0 aliphatic carbocycles. The van der Waals surface area contributed by atoms with Gasteiger partial charge in [-0.2, -0.15) is 0 Å². The molecule has 0 saturated carbocycles. The van der Waals surface area contributed by atoms with Gasteiger partial charge in [0.05, 0.1) is 5.56 Å². The number of aromatic carboxylic acids is 2. The third kappa shape index (κ3) is 2.05. The van der Waals surface area contributed by atoms with Gasteiger partial charge in [-0.1, -0.05) is 12.1 Å². The van der Waals surface area contributed by atoms with E-state index >= 15 is 0 Å². The molecule has 2 N–H and O–H groups in total. The summed E-state index contributed by atoms with van der Waals surface area (Å²) in [6.45, 7) is 1.51. The quantitative estimate of drug-likeness (QED) is 0.903. The van der Waals surface area contributed by atoms with Gasteiger partial charge in [0.1, 0.15) is 11.5 Å². The van der Waals surface area contributed by atoms with Crippen LogP contribution < -0.4 is 0 Å². The van der Waals surface area contributed by atoms with Gasteiger partial charge in [0.25, 0.3) is 0 Å². The Morgan fingerprint density at radius 2 is 1.85 bits per heavy atom. The van der Waals surface area contributed by atoms with Crippen LogP contribution in [0.2, 0.25) is 0 Å². The van der Waals surface area contributed by atoms with E-state index in [-0.39, 0.29) is 22.4 Å². The third-order valence-electron chi connectivity index (χ3n) is 3.22. The second kappa shape index (κ2) is 4.80. The Balaban J connectivity index is 2.89. The molecule has 1 heterocycles. The van der Waals surface area contributed by atoms with Crippen LogP contribution in [0.1, 0.15) is 26.5 Å². The predicted octanol–water partition coefficient (Wildman–Crippen LogP) is 2.54. The van der Waals surface area contributed by atoms with Gasteiger partial charge in [-0.3, -0.25) is 0 Å². The number of carbonyl (C=O) groups is 2. The summed E-state index contributed by atoms with van der Waals surface area (Å²) in [7, 11) is 1.47. The smallest absolute Gasteiger partial charge is 0.353 e. The Bertz CT molecular complexity index is 681. The number of carboxylic acids is 2. The highest BCUT2D eigenvalue weighted by molar-refractivity contribution is 6.05. The minimum atomic E-state index is -1.26. The lowest BCUT2D eigenvalue weighted by Gasteiger charge is -2.04.